The first-order valence-corrected chi connectivity index (χ1v) is 4.37. The minimum Gasteiger partial charge on any atom is -0.508 e. The van der Waals surface area contributed by atoms with Gasteiger partial charge in [-0.2, -0.15) is 0 Å². The number of para-hydroxylation sites is 1. The molecular weight excluding hydrogens is 164 g/mol. The van der Waals surface area contributed by atoms with Crippen LogP contribution in [0.1, 0.15) is 13.8 Å². The predicted molar refractivity (Wildman–Crippen MR) is 57.6 cm³/mol. The highest BCUT2D eigenvalue weighted by Gasteiger charge is 1.74. The van der Waals surface area contributed by atoms with Crippen molar-refractivity contribution in [3.8, 4) is 5.75 Å². The molecule has 1 aromatic rings. The number of nitrogens with two attached hydrogens (primary N) is 2. The average Bonchev–Trinajstić information content (AvgIpc) is 2.08. The van der Waals surface area contributed by atoms with Gasteiger partial charge in [0.1, 0.15) is 5.75 Å². The van der Waals surface area contributed by atoms with Crippen molar-refractivity contribution < 1.29 is 5.11 Å². The molecule has 0 bridgehead atoms. The maximum absolute atomic E-state index is 8.63. The van der Waals surface area contributed by atoms with Gasteiger partial charge in [0, 0.05) is 0 Å². The lowest BCUT2D eigenvalue weighted by molar-refractivity contribution is 0.475. The molecule has 1 rings (SSSR count). The number of phenols is 1. The molecule has 0 fully saturated rings. The van der Waals surface area contributed by atoms with Crippen LogP contribution in [0.15, 0.2) is 30.3 Å². The standard InChI is InChI=1S/C6H6O.2C2H7N/c7-6-4-2-1-3-5-6;2*1-2-3/h1-5,7H;2*2-3H2,1H3. The van der Waals surface area contributed by atoms with Crippen LogP contribution in [0.2, 0.25) is 0 Å². The van der Waals surface area contributed by atoms with E-state index in [9.17, 15) is 0 Å². The van der Waals surface area contributed by atoms with Gasteiger partial charge in [0.25, 0.3) is 0 Å². The minimum absolute atomic E-state index is 0.322. The fourth-order valence-electron chi connectivity index (χ4n) is 0.428. The van der Waals surface area contributed by atoms with E-state index in [1.54, 1.807) is 24.3 Å². The molecule has 0 saturated carbocycles. The fourth-order valence-corrected chi connectivity index (χ4v) is 0.428. The van der Waals surface area contributed by atoms with Gasteiger partial charge in [0.05, 0.1) is 0 Å². The maximum Gasteiger partial charge on any atom is 0.115 e. The van der Waals surface area contributed by atoms with Gasteiger partial charge in [-0.05, 0) is 25.2 Å². The lowest BCUT2D eigenvalue weighted by Crippen LogP contribution is -1.87. The second-order valence-electron chi connectivity index (χ2n) is 2.15. The van der Waals surface area contributed by atoms with Crippen molar-refractivity contribution in [2.45, 2.75) is 13.8 Å². The summed E-state index contributed by atoms with van der Waals surface area (Å²) in [7, 11) is 0. The molecule has 13 heavy (non-hydrogen) atoms. The third kappa shape index (κ3) is 18.2. The quantitative estimate of drug-likeness (QED) is 0.569. The zero-order chi connectivity index (χ0) is 10.5. The van der Waals surface area contributed by atoms with Crippen molar-refractivity contribution in [3.05, 3.63) is 30.3 Å². The lowest BCUT2D eigenvalue weighted by atomic mass is 10.3. The summed E-state index contributed by atoms with van der Waals surface area (Å²) in [5, 5.41) is 8.63. The Balaban J connectivity index is 0. The molecule has 0 heterocycles. The Morgan fingerprint density at radius 3 is 1.46 bits per heavy atom. The lowest BCUT2D eigenvalue weighted by Gasteiger charge is -1.82. The van der Waals surface area contributed by atoms with Crippen molar-refractivity contribution in [3.63, 3.8) is 0 Å². The Hall–Kier alpha value is -1.06. The van der Waals surface area contributed by atoms with E-state index in [-0.39, 0.29) is 0 Å². The van der Waals surface area contributed by atoms with Gasteiger partial charge >= 0.3 is 0 Å². The molecule has 1 aromatic carbocycles. The number of benzene rings is 1. The molecule has 0 atom stereocenters. The van der Waals surface area contributed by atoms with Crippen LogP contribution >= 0.6 is 0 Å². The Morgan fingerprint density at radius 2 is 1.31 bits per heavy atom. The zero-order valence-electron chi connectivity index (χ0n) is 8.40. The normalized spacial score (nSPS) is 7.38. The van der Waals surface area contributed by atoms with Crippen LogP contribution in [-0.4, -0.2) is 18.2 Å². The van der Waals surface area contributed by atoms with E-state index in [0.717, 1.165) is 13.1 Å². The summed E-state index contributed by atoms with van der Waals surface area (Å²) >= 11 is 0. The molecule has 0 aliphatic carbocycles. The summed E-state index contributed by atoms with van der Waals surface area (Å²) in [6, 6.07) is 8.71. The summed E-state index contributed by atoms with van der Waals surface area (Å²) in [4.78, 5) is 0. The second kappa shape index (κ2) is 13.5. The Kier molecular flexibility index (Phi) is 15.0. The molecule has 0 aliphatic heterocycles. The largest absolute Gasteiger partial charge is 0.508 e. The van der Waals surface area contributed by atoms with Gasteiger partial charge < -0.3 is 16.6 Å². The van der Waals surface area contributed by atoms with E-state index in [1.807, 2.05) is 19.9 Å². The molecule has 0 radical (unpaired) electrons. The fraction of sp³-hybridized carbons (Fsp3) is 0.400. The van der Waals surface area contributed by atoms with Crippen LogP contribution in [0.5, 0.6) is 5.75 Å². The molecule has 3 heteroatoms. The first-order chi connectivity index (χ1) is 6.22. The molecule has 0 aliphatic rings. The highest BCUT2D eigenvalue weighted by Crippen LogP contribution is 2.02. The summed E-state index contributed by atoms with van der Waals surface area (Å²) in [5.74, 6) is 0.322. The van der Waals surface area contributed by atoms with Gasteiger partial charge in [-0.3, -0.25) is 0 Å². The highest BCUT2D eigenvalue weighted by atomic mass is 16.3. The van der Waals surface area contributed by atoms with Crippen molar-refractivity contribution in [1.82, 2.24) is 0 Å². The maximum atomic E-state index is 8.63. The Morgan fingerprint density at radius 1 is 1.00 bits per heavy atom. The summed E-state index contributed by atoms with van der Waals surface area (Å²) < 4.78 is 0. The van der Waals surface area contributed by atoms with Crippen LogP contribution in [0.3, 0.4) is 0 Å². The van der Waals surface area contributed by atoms with E-state index < -0.39 is 0 Å². The zero-order valence-corrected chi connectivity index (χ0v) is 8.40. The summed E-state index contributed by atoms with van der Waals surface area (Å²) in [5.41, 5.74) is 9.69. The van der Waals surface area contributed by atoms with Gasteiger partial charge in [-0.25, -0.2) is 0 Å². The van der Waals surface area contributed by atoms with E-state index in [1.165, 1.54) is 0 Å². The average molecular weight is 184 g/mol. The van der Waals surface area contributed by atoms with E-state index in [4.69, 9.17) is 16.6 Å². The third-order valence-corrected chi connectivity index (χ3v) is 0.756. The number of hydrogen-bond donors (Lipinski definition) is 3. The van der Waals surface area contributed by atoms with Crippen molar-refractivity contribution >= 4 is 0 Å². The monoisotopic (exact) mass is 184 g/mol. The molecule has 0 aromatic heterocycles. The van der Waals surface area contributed by atoms with E-state index >= 15 is 0 Å². The first-order valence-electron chi connectivity index (χ1n) is 4.37. The molecule has 3 nitrogen and oxygen atoms in total. The van der Waals surface area contributed by atoms with Crippen molar-refractivity contribution in [2.24, 2.45) is 11.5 Å². The summed E-state index contributed by atoms with van der Waals surface area (Å²) in [6.07, 6.45) is 0. The first kappa shape index (κ1) is 14.5. The molecule has 0 unspecified atom stereocenters. The second-order valence-corrected chi connectivity index (χ2v) is 2.15. The van der Waals surface area contributed by atoms with Crippen molar-refractivity contribution in [1.29, 1.82) is 0 Å². The molecule has 76 valence electrons. The van der Waals surface area contributed by atoms with E-state index in [2.05, 4.69) is 0 Å². The summed E-state index contributed by atoms with van der Waals surface area (Å²) in [6.45, 7) is 5.31. The number of rotatable bonds is 0. The smallest absolute Gasteiger partial charge is 0.115 e. The Bertz CT molecular complexity index is 164. The van der Waals surface area contributed by atoms with Crippen LogP contribution in [-0.2, 0) is 0 Å². The van der Waals surface area contributed by atoms with Gasteiger partial charge in [0.15, 0.2) is 0 Å². The van der Waals surface area contributed by atoms with Gasteiger partial charge in [-0.1, -0.05) is 32.0 Å². The Labute approximate surface area is 80.4 Å². The molecule has 0 spiro atoms. The number of phenolic OH excluding ortho intramolecular Hbond substituents is 1. The molecule has 0 saturated heterocycles. The predicted octanol–water partition coefficient (Wildman–Crippen LogP) is 1.32. The molecule has 5 N–H and O–H groups in total. The SMILES string of the molecule is CCN.CCN.Oc1ccccc1. The van der Waals surface area contributed by atoms with Crippen LogP contribution in [0.25, 0.3) is 0 Å². The van der Waals surface area contributed by atoms with Crippen molar-refractivity contribution in [2.75, 3.05) is 13.1 Å². The number of hydrogen-bond acceptors (Lipinski definition) is 3. The third-order valence-electron chi connectivity index (χ3n) is 0.756. The molecular formula is C10H20N2O. The highest BCUT2D eigenvalue weighted by molar-refractivity contribution is 5.18. The number of aromatic hydroxyl groups is 1. The van der Waals surface area contributed by atoms with E-state index in [0.29, 0.717) is 5.75 Å². The van der Waals surface area contributed by atoms with Crippen LogP contribution < -0.4 is 11.5 Å². The molecule has 0 amide bonds. The van der Waals surface area contributed by atoms with Crippen LogP contribution in [0, 0.1) is 0 Å². The van der Waals surface area contributed by atoms with Gasteiger partial charge in [0.2, 0.25) is 0 Å². The minimum atomic E-state index is 0.322. The van der Waals surface area contributed by atoms with Crippen LogP contribution in [0.4, 0.5) is 0 Å². The van der Waals surface area contributed by atoms with Gasteiger partial charge in [-0.15, -0.1) is 0 Å². The topological polar surface area (TPSA) is 72.3 Å².